The number of piperidine rings is 1. The summed E-state index contributed by atoms with van der Waals surface area (Å²) in [6.45, 7) is 1.75. The lowest BCUT2D eigenvalue weighted by molar-refractivity contribution is -0.125. The van der Waals surface area contributed by atoms with Gasteiger partial charge in [0.2, 0.25) is 5.91 Å². The zero-order valence-electron chi connectivity index (χ0n) is 10.6. The topological polar surface area (TPSA) is 84.4 Å². The van der Waals surface area contributed by atoms with Gasteiger partial charge in [-0.25, -0.2) is 0 Å². The van der Waals surface area contributed by atoms with Crippen molar-refractivity contribution < 1.29 is 4.79 Å². The molecule has 1 amide bonds. The summed E-state index contributed by atoms with van der Waals surface area (Å²) in [7, 11) is 1.69. The van der Waals surface area contributed by atoms with E-state index in [0.717, 1.165) is 31.6 Å². The maximum absolute atomic E-state index is 11.5. The van der Waals surface area contributed by atoms with Crippen LogP contribution in [0.15, 0.2) is 18.2 Å². The highest BCUT2D eigenvalue weighted by atomic mass is 16.1. The van der Waals surface area contributed by atoms with Gasteiger partial charge in [0.05, 0.1) is 11.4 Å². The maximum atomic E-state index is 11.5. The van der Waals surface area contributed by atoms with Gasteiger partial charge in [0.25, 0.3) is 0 Å². The summed E-state index contributed by atoms with van der Waals surface area (Å²) in [4.78, 5) is 13.8. The molecule has 1 heterocycles. The van der Waals surface area contributed by atoms with E-state index in [9.17, 15) is 4.79 Å². The molecule has 0 atom stereocenters. The molecule has 1 aromatic carbocycles. The Labute approximate surface area is 107 Å². The number of anilines is 3. The normalized spacial score (nSPS) is 16.6. The van der Waals surface area contributed by atoms with Gasteiger partial charge in [-0.05, 0) is 31.0 Å². The highest BCUT2D eigenvalue weighted by molar-refractivity contribution is 5.78. The predicted molar refractivity (Wildman–Crippen MR) is 74.3 cm³/mol. The Morgan fingerprint density at radius 3 is 2.50 bits per heavy atom. The lowest BCUT2D eigenvalue weighted by Gasteiger charge is -2.33. The number of nitrogens with zero attached hydrogens (tertiary/aromatic N) is 1. The van der Waals surface area contributed by atoms with Gasteiger partial charge in [0.15, 0.2) is 0 Å². The predicted octanol–water partition coefficient (Wildman–Crippen LogP) is 0.813. The number of nitrogens with one attached hydrogen (secondary N) is 1. The van der Waals surface area contributed by atoms with Crippen LogP contribution in [0.3, 0.4) is 0 Å². The highest BCUT2D eigenvalue weighted by Crippen LogP contribution is 2.27. The Bertz CT molecular complexity index is 439. The van der Waals surface area contributed by atoms with Crippen molar-refractivity contribution in [1.82, 2.24) is 5.32 Å². The summed E-state index contributed by atoms with van der Waals surface area (Å²) in [5.74, 6) is 0.281. The van der Waals surface area contributed by atoms with Crippen molar-refractivity contribution >= 4 is 23.0 Å². The summed E-state index contributed by atoms with van der Waals surface area (Å²) < 4.78 is 0. The smallest absolute Gasteiger partial charge is 0.222 e. The summed E-state index contributed by atoms with van der Waals surface area (Å²) >= 11 is 0. The van der Waals surface area contributed by atoms with Crippen LogP contribution in [0.2, 0.25) is 0 Å². The van der Waals surface area contributed by atoms with Crippen LogP contribution in [-0.2, 0) is 4.79 Å². The number of amides is 1. The van der Waals surface area contributed by atoms with Crippen molar-refractivity contribution in [2.24, 2.45) is 5.92 Å². The van der Waals surface area contributed by atoms with E-state index >= 15 is 0 Å². The summed E-state index contributed by atoms with van der Waals surface area (Å²) in [6, 6.07) is 5.71. The fourth-order valence-electron chi connectivity index (χ4n) is 2.36. The van der Waals surface area contributed by atoms with E-state index < -0.39 is 0 Å². The first-order valence-corrected chi connectivity index (χ1v) is 6.23. The molecule has 5 N–H and O–H groups in total. The zero-order valence-corrected chi connectivity index (χ0v) is 10.6. The van der Waals surface area contributed by atoms with Crippen LogP contribution in [-0.4, -0.2) is 26.0 Å². The van der Waals surface area contributed by atoms with Crippen molar-refractivity contribution in [2.45, 2.75) is 12.8 Å². The fraction of sp³-hybridized carbons (Fsp3) is 0.462. The number of carbonyl (C=O) groups is 1. The molecule has 1 aliphatic rings. The fourth-order valence-corrected chi connectivity index (χ4v) is 2.36. The van der Waals surface area contributed by atoms with E-state index in [1.54, 1.807) is 7.05 Å². The molecule has 5 nitrogen and oxygen atoms in total. The number of carbonyl (C=O) groups excluding carboxylic acids is 1. The summed E-state index contributed by atoms with van der Waals surface area (Å²) in [5, 5.41) is 2.71. The second-order valence-corrected chi connectivity index (χ2v) is 4.69. The lowest BCUT2D eigenvalue weighted by atomic mass is 9.95. The standard InChI is InChI=1S/C13H20N4O/c1-16-13(18)9-4-6-17(7-5-9)10-2-3-11(14)12(15)8-10/h2-3,8-9H,4-7,14-15H2,1H3,(H,16,18). The number of hydrogen-bond acceptors (Lipinski definition) is 4. The van der Waals surface area contributed by atoms with Gasteiger partial charge in [0, 0.05) is 31.7 Å². The van der Waals surface area contributed by atoms with Gasteiger partial charge in [-0.1, -0.05) is 0 Å². The SMILES string of the molecule is CNC(=O)C1CCN(c2ccc(N)c(N)c2)CC1. The Kier molecular flexibility index (Phi) is 3.60. The molecule has 1 aliphatic heterocycles. The summed E-state index contributed by atoms with van der Waals surface area (Å²) in [6.07, 6.45) is 1.76. The molecule has 98 valence electrons. The molecule has 5 heteroatoms. The molecular formula is C13H20N4O. The van der Waals surface area contributed by atoms with Crippen LogP contribution < -0.4 is 21.7 Å². The van der Waals surface area contributed by atoms with Gasteiger partial charge < -0.3 is 21.7 Å². The quantitative estimate of drug-likeness (QED) is 0.676. The minimum atomic E-state index is 0.136. The Morgan fingerprint density at radius 1 is 1.28 bits per heavy atom. The van der Waals surface area contributed by atoms with Gasteiger partial charge in [-0.15, -0.1) is 0 Å². The molecule has 18 heavy (non-hydrogen) atoms. The molecule has 0 radical (unpaired) electrons. The highest BCUT2D eigenvalue weighted by Gasteiger charge is 2.24. The second kappa shape index (κ2) is 5.16. The third kappa shape index (κ3) is 2.50. The van der Waals surface area contributed by atoms with Crippen molar-refractivity contribution in [3.8, 4) is 0 Å². The molecule has 2 rings (SSSR count). The molecule has 1 fully saturated rings. The van der Waals surface area contributed by atoms with Crippen LogP contribution in [0.4, 0.5) is 17.1 Å². The van der Waals surface area contributed by atoms with Crippen LogP contribution in [0, 0.1) is 5.92 Å². The van der Waals surface area contributed by atoms with E-state index in [4.69, 9.17) is 11.5 Å². The molecule has 0 aromatic heterocycles. The number of hydrogen-bond donors (Lipinski definition) is 3. The average Bonchev–Trinajstić information content (AvgIpc) is 2.41. The molecule has 0 unspecified atom stereocenters. The van der Waals surface area contributed by atoms with E-state index in [0.29, 0.717) is 11.4 Å². The molecule has 0 spiro atoms. The molecular weight excluding hydrogens is 228 g/mol. The number of nitrogen functional groups attached to an aromatic ring is 2. The average molecular weight is 248 g/mol. The lowest BCUT2D eigenvalue weighted by Crippen LogP contribution is -2.39. The number of nitrogens with two attached hydrogens (primary N) is 2. The minimum absolute atomic E-state index is 0.136. The van der Waals surface area contributed by atoms with Crippen molar-refractivity contribution in [1.29, 1.82) is 0 Å². The van der Waals surface area contributed by atoms with E-state index in [1.807, 2.05) is 18.2 Å². The molecule has 0 bridgehead atoms. The molecule has 0 aliphatic carbocycles. The minimum Gasteiger partial charge on any atom is -0.397 e. The monoisotopic (exact) mass is 248 g/mol. The second-order valence-electron chi connectivity index (χ2n) is 4.69. The van der Waals surface area contributed by atoms with Crippen molar-refractivity contribution in [3.05, 3.63) is 18.2 Å². The van der Waals surface area contributed by atoms with Crippen LogP contribution in [0.1, 0.15) is 12.8 Å². The van der Waals surface area contributed by atoms with Gasteiger partial charge >= 0.3 is 0 Å². The van der Waals surface area contributed by atoms with Crippen LogP contribution in [0.25, 0.3) is 0 Å². The first-order chi connectivity index (χ1) is 8.61. The Balaban J connectivity index is 2.01. The zero-order chi connectivity index (χ0) is 13.1. The Morgan fingerprint density at radius 2 is 1.94 bits per heavy atom. The van der Waals surface area contributed by atoms with Crippen molar-refractivity contribution in [2.75, 3.05) is 36.5 Å². The van der Waals surface area contributed by atoms with E-state index in [1.165, 1.54) is 0 Å². The number of benzene rings is 1. The molecule has 0 saturated carbocycles. The first-order valence-electron chi connectivity index (χ1n) is 6.23. The summed E-state index contributed by atoms with van der Waals surface area (Å²) in [5.41, 5.74) is 13.8. The van der Waals surface area contributed by atoms with Crippen LogP contribution >= 0.6 is 0 Å². The van der Waals surface area contributed by atoms with Gasteiger partial charge in [0.1, 0.15) is 0 Å². The molecule has 1 aromatic rings. The maximum Gasteiger partial charge on any atom is 0.222 e. The van der Waals surface area contributed by atoms with Gasteiger partial charge in [-0.2, -0.15) is 0 Å². The molecule has 1 saturated heterocycles. The Hall–Kier alpha value is -1.91. The first kappa shape index (κ1) is 12.5. The van der Waals surface area contributed by atoms with Crippen molar-refractivity contribution in [3.63, 3.8) is 0 Å². The van der Waals surface area contributed by atoms with Gasteiger partial charge in [-0.3, -0.25) is 4.79 Å². The van der Waals surface area contributed by atoms with Crippen LogP contribution in [0.5, 0.6) is 0 Å². The van der Waals surface area contributed by atoms with E-state index in [2.05, 4.69) is 10.2 Å². The van der Waals surface area contributed by atoms with E-state index in [-0.39, 0.29) is 11.8 Å². The number of rotatable bonds is 2. The largest absolute Gasteiger partial charge is 0.397 e. The third-order valence-corrected chi connectivity index (χ3v) is 3.55. The third-order valence-electron chi connectivity index (χ3n) is 3.55.